The van der Waals surface area contributed by atoms with Crippen molar-refractivity contribution in [3.05, 3.63) is 57.1 Å². The molecule has 0 heterocycles. The van der Waals surface area contributed by atoms with Crippen molar-refractivity contribution in [2.24, 2.45) is 0 Å². The highest BCUT2D eigenvalue weighted by molar-refractivity contribution is 9.10. The zero-order valence-electron chi connectivity index (χ0n) is 11.1. The van der Waals surface area contributed by atoms with E-state index in [4.69, 9.17) is 9.47 Å². The summed E-state index contributed by atoms with van der Waals surface area (Å²) in [7, 11) is 1.49. The molecule has 0 saturated carbocycles. The number of hydrogen-bond donors (Lipinski definition) is 0. The Hall–Kier alpha value is -1.73. The normalized spacial score (nSPS) is 10.2. The lowest BCUT2D eigenvalue weighted by atomic mass is 10.3. The lowest BCUT2D eigenvalue weighted by molar-refractivity contribution is -0.384. The fourth-order valence-corrected chi connectivity index (χ4v) is 2.93. The van der Waals surface area contributed by atoms with Gasteiger partial charge in [-0.05, 0) is 34.1 Å². The summed E-state index contributed by atoms with van der Waals surface area (Å²) in [6.45, 7) is 0. The zero-order valence-corrected chi connectivity index (χ0v) is 13.5. The Balaban J connectivity index is 2.07. The number of nitrogens with zero attached hydrogens (tertiary/aromatic N) is 1. The van der Waals surface area contributed by atoms with Crippen LogP contribution in [0, 0.1) is 10.1 Å². The van der Waals surface area contributed by atoms with E-state index in [-0.39, 0.29) is 5.69 Å². The second kappa shape index (κ2) is 7.33. The summed E-state index contributed by atoms with van der Waals surface area (Å²) < 4.78 is 11.7. The Morgan fingerprint density at radius 1 is 1.24 bits per heavy atom. The van der Waals surface area contributed by atoms with E-state index in [0.29, 0.717) is 17.4 Å². The molecule has 0 amide bonds. The van der Waals surface area contributed by atoms with Crippen LogP contribution in [0.5, 0.6) is 11.5 Å². The quantitative estimate of drug-likeness (QED) is 0.324. The summed E-state index contributed by atoms with van der Waals surface area (Å²) >= 11 is 4.93. The Labute approximate surface area is 134 Å². The lowest BCUT2D eigenvalue weighted by Crippen LogP contribution is -1.97. The number of rotatable bonds is 6. The van der Waals surface area contributed by atoms with Crippen LogP contribution in [0.4, 0.5) is 5.69 Å². The molecular formula is C14H12BrNO4S. The van der Waals surface area contributed by atoms with Crippen molar-refractivity contribution in [2.75, 3.05) is 13.0 Å². The fourth-order valence-electron chi connectivity index (χ4n) is 1.61. The van der Waals surface area contributed by atoms with Gasteiger partial charge in [-0.2, -0.15) is 0 Å². The van der Waals surface area contributed by atoms with E-state index in [1.165, 1.54) is 37.1 Å². The molecule has 0 aliphatic rings. The molecule has 2 rings (SSSR count). The summed E-state index contributed by atoms with van der Waals surface area (Å²) in [5.74, 6) is 1.14. The van der Waals surface area contributed by atoms with Gasteiger partial charge in [-0.1, -0.05) is 23.9 Å². The van der Waals surface area contributed by atoms with E-state index >= 15 is 0 Å². The lowest BCUT2D eigenvalue weighted by Gasteiger charge is -2.10. The minimum Gasteiger partial charge on any atom is -0.493 e. The number of methoxy groups -OCH3 is 1. The van der Waals surface area contributed by atoms with Gasteiger partial charge >= 0.3 is 0 Å². The van der Waals surface area contributed by atoms with Crippen LogP contribution in [0.1, 0.15) is 0 Å². The van der Waals surface area contributed by atoms with Crippen LogP contribution in [-0.2, 0) is 0 Å². The molecule has 2 aromatic carbocycles. The molecule has 0 atom stereocenters. The Morgan fingerprint density at radius 3 is 2.67 bits per heavy atom. The van der Waals surface area contributed by atoms with E-state index in [1.54, 1.807) is 0 Å². The van der Waals surface area contributed by atoms with Gasteiger partial charge in [-0.3, -0.25) is 10.1 Å². The first kappa shape index (κ1) is 15.7. The Kier molecular flexibility index (Phi) is 5.46. The molecule has 0 aliphatic carbocycles. The van der Waals surface area contributed by atoms with E-state index in [2.05, 4.69) is 15.9 Å². The van der Waals surface area contributed by atoms with Crippen LogP contribution in [0.15, 0.2) is 51.8 Å². The molecule has 110 valence electrons. The van der Waals surface area contributed by atoms with E-state index in [1.807, 2.05) is 24.3 Å². The van der Waals surface area contributed by atoms with Gasteiger partial charge in [0.05, 0.1) is 18.1 Å². The van der Waals surface area contributed by atoms with Gasteiger partial charge in [0, 0.05) is 15.4 Å². The van der Waals surface area contributed by atoms with Crippen molar-refractivity contribution in [3.8, 4) is 11.5 Å². The Morgan fingerprint density at radius 2 is 2.00 bits per heavy atom. The highest BCUT2D eigenvalue weighted by Gasteiger charge is 2.12. The monoisotopic (exact) mass is 369 g/mol. The fraction of sp³-hybridized carbons (Fsp3) is 0.143. The van der Waals surface area contributed by atoms with Crippen LogP contribution in [0.3, 0.4) is 0 Å². The molecular weight excluding hydrogens is 358 g/mol. The maximum Gasteiger partial charge on any atom is 0.273 e. The smallest absolute Gasteiger partial charge is 0.273 e. The highest BCUT2D eigenvalue weighted by atomic mass is 79.9. The summed E-state index contributed by atoms with van der Waals surface area (Å²) in [5, 5.41) is 10.8. The van der Waals surface area contributed by atoms with E-state index in [9.17, 15) is 10.1 Å². The van der Waals surface area contributed by atoms with Crippen molar-refractivity contribution in [3.63, 3.8) is 0 Å². The van der Waals surface area contributed by atoms with Gasteiger partial charge in [0.15, 0.2) is 11.5 Å². The molecule has 5 nitrogen and oxygen atoms in total. The van der Waals surface area contributed by atoms with Crippen LogP contribution in [0.2, 0.25) is 0 Å². The first-order valence-corrected chi connectivity index (χ1v) is 7.72. The predicted molar refractivity (Wildman–Crippen MR) is 85.1 cm³/mol. The number of nitro groups is 1. The molecule has 0 saturated heterocycles. The van der Waals surface area contributed by atoms with Gasteiger partial charge < -0.3 is 9.47 Å². The molecule has 7 heteroatoms. The molecule has 0 aliphatic heterocycles. The highest BCUT2D eigenvalue weighted by Crippen LogP contribution is 2.33. The number of halogens is 1. The van der Waals surface area contributed by atoms with Gasteiger partial charge in [-0.15, -0.1) is 0 Å². The van der Waals surface area contributed by atoms with Crippen molar-refractivity contribution in [1.82, 2.24) is 0 Å². The topological polar surface area (TPSA) is 61.6 Å². The predicted octanol–water partition coefficient (Wildman–Crippen LogP) is 4.49. The largest absolute Gasteiger partial charge is 0.493 e. The third-order valence-corrected chi connectivity index (χ3v) is 4.48. The molecule has 21 heavy (non-hydrogen) atoms. The summed E-state index contributed by atoms with van der Waals surface area (Å²) in [6, 6.07) is 12.0. The summed E-state index contributed by atoms with van der Waals surface area (Å²) in [6.07, 6.45) is 0. The number of thioether (sulfide) groups is 1. The second-order valence-corrected chi connectivity index (χ2v) is 5.75. The summed E-state index contributed by atoms with van der Waals surface area (Å²) in [4.78, 5) is 11.4. The third kappa shape index (κ3) is 4.12. The van der Waals surface area contributed by atoms with Crippen molar-refractivity contribution < 1.29 is 14.4 Å². The average Bonchev–Trinajstić information content (AvgIpc) is 2.49. The molecule has 0 bridgehead atoms. The van der Waals surface area contributed by atoms with Crippen molar-refractivity contribution >= 4 is 33.4 Å². The van der Waals surface area contributed by atoms with Crippen LogP contribution < -0.4 is 9.47 Å². The van der Waals surface area contributed by atoms with Crippen LogP contribution >= 0.6 is 27.7 Å². The number of ether oxygens (including phenoxy) is 2. The minimum atomic E-state index is -0.465. The minimum absolute atomic E-state index is 0.0308. The number of benzene rings is 2. The second-order valence-electron chi connectivity index (χ2n) is 3.93. The molecule has 0 fully saturated rings. The third-order valence-electron chi connectivity index (χ3n) is 2.62. The number of hydrogen-bond acceptors (Lipinski definition) is 5. The van der Waals surface area contributed by atoms with Gasteiger partial charge in [0.1, 0.15) is 5.94 Å². The van der Waals surface area contributed by atoms with Gasteiger partial charge in [-0.25, -0.2) is 0 Å². The van der Waals surface area contributed by atoms with Crippen molar-refractivity contribution in [2.45, 2.75) is 4.90 Å². The molecule has 2 aromatic rings. The molecule has 0 unspecified atom stereocenters. The number of non-ortho nitro benzene ring substituents is 1. The maximum atomic E-state index is 10.8. The van der Waals surface area contributed by atoms with Crippen LogP contribution in [-0.4, -0.2) is 18.0 Å². The van der Waals surface area contributed by atoms with Crippen molar-refractivity contribution in [1.29, 1.82) is 0 Å². The van der Waals surface area contributed by atoms with E-state index < -0.39 is 4.92 Å². The zero-order chi connectivity index (χ0) is 15.2. The molecule has 0 radical (unpaired) electrons. The Bertz CT molecular complexity index is 651. The number of nitro benzene ring substituents is 1. The molecule has 0 N–H and O–H groups in total. The first-order chi connectivity index (χ1) is 10.1. The molecule has 0 aromatic heterocycles. The average molecular weight is 370 g/mol. The standard InChI is InChI=1S/C14H12BrNO4S/c1-19-12-7-6-10(16(17)18)8-13(12)20-9-21-14-5-3-2-4-11(14)15/h2-8H,9H2,1H3. The molecule has 0 spiro atoms. The van der Waals surface area contributed by atoms with Crippen LogP contribution in [0.25, 0.3) is 0 Å². The SMILES string of the molecule is COc1ccc([N+](=O)[O-])cc1OCSc1ccccc1Br. The first-order valence-electron chi connectivity index (χ1n) is 5.94. The van der Waals surface area contributed by atoms with E-state index in [0.717, 1.165) is 9.37 Å². The maximum absolute atomic E-state index is 10.8. The van der Waals surface area contributed by atoms with Gasteiger partial charge in [0.25, 0.3) is 5.69 Å². The summed E-state index contributed by atoms with van der Waals surface area (Å²) in [5.41, 5.74) is -0.0308. The van der Waals surface area contributed by atoms with Gasteiger partial charge in [0.2, 0.25) is 0 Å².